The molecule has 8 heteroatoms. The van der Waals surface area contributed by atoms with Crippen molar-refractivity contribution in [3.63, 3.8) is 0 Å². The van der Waals surface area contributed by atoms with E-state index in [4.69, 9.17) is 0 Å². The zero-order valence-corrected chi connectivity index (χ0v) is 13.9. The van der Waals surface area contributed by atoms with Gasteiger partial charge in [-0.25, -0.2) is 9.80 Å². The largest absolute Gasteiger partial charge is 0.332 e. The van der Waals surface area contributed by atoms with Crippen molar-refractivity contribution >= 4 is 22.8 Å². The third-order valence-electron chi connectivity index (χ3n) is 4.29. The molecular formula is C15H20N6O2. The Morgan fingerprint density at radius 1 is 1.22 bits per heavy atom. The number of imidazole rings is 1. The number of hydrogen-bond donors (Lipinski definition) is 0. The van der Waals surface area contributed by atoms with Gasteiger partial charge in [0.1, 0.15) is 0 Å². The summed E-state index contributed by atoms with van der Waals surface area (Å²) in [5.41, 5.74) is 0.974. The molecule has 3 rings (SSSR count). The molecule has 1 unspecified atom stereocenters. The average Bonchev–Trinajstić information content (AvgIpc) is 2.94. The molecule has 0 bridgehead atoms. The molecule has 3 heterocycles. The number of anilines is 1. The third kappa shape index (κ3) is 2.05. The zero-order chi connectivity index (χ0) is 16.9. The molecule has 23 heavy (non-hydrogen) atoms. The Morgan fingerprint density at radius 3 is 2.57 bits per heavy atom. The first-order valence-corrected chi connectivity index (χ1v) is 7.50. The van der Waals surface area contributed by atoms with Crippen molar-refractivity contribution in [3.05, 3.63) is 33.0 Å². The lowest BCUT2D eigenvalue weighted by atomic mass is 10.2. The van der Waals surface area contributed by atoms with Crippen LogP contribution in [0.2, 0.25) is 0 Å². The number of rotatable bonds is 2. The van der Waals surface area contributed by atoms with Crippen LogP contribution >= 0.6 is 0 Å². The monoisotopic (exact) mass is 316 g/mol. The molecule has 8 nitrogen and oxygen atoms in total. The Hall–Kier alpha value is -2.64. The van der Waals surface area contributed by atoms with Gasteiger partial charge in [0.15, 0.2) is 11.2 Å². The molecule has 0 saturated carbocycles. The van der Waals surface area contributed by atoms with Gasteiger partial charge >= 0.3 is 5.69 Å². The quantitative estimate of drug-likeness (QED) is 0.767. The topological polar surface area (TPSA) is 77.4 Å². The van der Waals surface area contributed by atoms with Crippen LogP contribution in [-0.2, 0) is 14.1 Å². The molecule has 2 aromatic rings. The Bertz CT molecular complexity index is 959. The standard InChI is InChI=1S/C15H20N6O2/c1-6-7-8-20-14-16-12-11(21(14)10(3)9(2)17-20)13(22)19(5)15(23)18(12)4/h6-7,10H,8H2,1-5H3/b7-6+. The molecule has 1 atom stereocenters. The van der Waals surface area contributed by atoms with Gasteiger partial charge in [0.2, 0.25) is 5.95 Å². The van der Waals surface area contributed by atoms with Gasteiger partial charge in [0.25, 0.3) is 5.56 Å². The average molecular weight is 316 g/mol. The van der Waals surface area contributed by atoms with Crippen molar-refractivity contribution in [2.24, 2.45) is 19.2 Å². The first-order valence-electron chi connectivity index (χ1n) is 7.50. The fourth-order valence-electron chi connectivity index (χ4n) is 2.79. The Kier molecular flexibility index (Phi) is 3.46. The number of aromatic nitrogens is 4. The van der Waals surface area contributed by atoms with Crippen LogP contribution in [0.25, 0.3) is 11.2 Å². The van der Waals surface area contributed by atoms with Gasteiger partial charge < -0.3 is 0 Å². The van der Waals surface area contributed by atoms with Crippen LogP contribution in [0, 0.1) is 0 Å². The molecule has 0 saturated heterocycles. The Labute approximate surface area is 133 Å². The number of allylic oxidation sites excluding steroid dienone is 1. The van der Waals surface area contributed by atoms with Gasteiger partial charge in [-0.15, -0.1) is 0 Å². The highest BCUT2D eigenvalue weighted by atomic mass is 16.2. The molecule has 1 aliphatic rings. The van der Waals surface area contributed by atoms with E-state index in [0.29, 0.717) is 23.7 Å². The summed E-state index contributed by atoms with van der Waals surface area (Å²) in [7, 11) is 3.11. The second kappa shape index (κ2) is 5.22. The normalized spacial score (nSPS) is 17.9. The fourth-order valence-corrected chi connectivity index (χ4v) is 2.79. The maximum absolute atomic E-state index is 12.6. The lowest BCUT2D eigenvalue weighted by molar-refractivity contribution is 0.647. The fraction of sp³-hybridized carbons (Fsp3) is 0.467. The molecule has 0 spiro atoms. The van der Waals surface area contributed by atoms with E-state index < -0.39 is 0 Å². The maximum Gasteiger partial charge on any atom is 0.332 e. The molecule has 0 N–H and O–H groups in total. The second-order valence-corrected chi connectivity index (χ2v) is 5.73. The summed E-state index contributed by atoms with van der Waals surface area (Å²) in [6.07, 6.45) is 3.90. The number of nitrogens with zero attached hydrogens (tertiary/aromatic N) is 6. The first-order chi connectivity index (χ1) is 10.9. The lowest BCUT2D eigenvalue weighted by Gasteiger charge is -2.28. The SMILES string of the molecule is C/C=C/CN1N=C(C)C(C)n2c1nc1c2c(=O)n(C)c(=O)n1C. The molecule has 0 aliphatic carbocycles. The highest BCUT2D eigenvalue weighted by molar-refractivity contribution is 5.91. The summed E-state index contributed by atoms with van der Waals surface area (Å²) in [6, 6.07) is -0.0953. The summed E-state index contributed by atoms with van der Waals surface area (Å²) in [6.45, 7) is 6.39. The van der Waals surface area contributed by atoms with E-state index in [0.717, 1.165) is 10.3 Å². The minimum atomic E-state index is -0.386. The first kappa shape index (κ1) is 15.3. The molecule has 0 radical (unpaired) electrons. The molecule has 2 aromatic heterocycles. The van der Waals surface area contributed by atoms with Crippen molar-refractivity contribution in [3.8, 4) is 0 Å². The molecule has 0 amide bonds. The third-order valence-corrected chi connectivity index (χ3v) is 4.29. The predicted octanol–water partition coefficient (Wildman–Crippen LogP) is 0.767. The number of aryl methyl sites for hydroxylation is 1. The van der Waals surface area contributed by atoms with E-state index in [2.05, 4.69) is 10.1 Å². The van der Waals surface area contributed by atoms with Crippen LogP contribution in [0.5, 0.6) is 0 Å². The van der Waals surface area contributed by atoms with Gasteiger partial charge in [-0.2, -0.15) is 10.1 Å². The highest BCUT2D eigenvalue weighted by Crippen LogP contribution is 2.29. The van der Waals surface area contributed by atoms with Crippen molar-refractivity contribution < 1.29 is 0 Å². The van der Waals surface area contributed by atoms with Crippen molar-refractivity contribution in [2.45, 2.75) is 26.8 Å². The summed E-state index contributed by atoms with van der Waals surface area (Å²) in [5.74, 6) is 0.578. The van der Waals surface area contributed by atoms with Crippen LogP contribution in [0.3, 0.4) is 0 Å². The van der Waals surface area contributed by atoms with Gasteiger partial charge in [-0.1, -0.05) is 12.2 Å². The number of hydrazone groups is 1. The van der Waals surface area contributed by atoms with E-state index in [1.807, 2.05) is 37.5 Å². The summed E-state index contributed by atoms with van der Waals surface area (Å²) in [4.78, 5) is 29.3. The van der Waals surface area contributed by atoms with Gasteiger partial charge in [-0.05, 0) is 20.8 Å². The predicted molar refractivity (Wildman–Crippen MR) is 90.2 cm³/mol. The zero-order valence-electron chi connectivity index (χ0n) is 13.9. The minimum Gasteiger partial charge on any atom is -0.294 e. The lowest BCUT2D eigenvalue weighted by Crippen LogP contribution is -2.38. The molecule has 0 fully saturated rings. The van der Waals surface area contributed by atoms with Crippen molar-refractivity contribution in [1.29, 1.82) is 0 Å². The van der Waals surface area contributed by atoms with Crippen LogP contribution in [0.1, 0.15) is 26.8 Å². The van der Waals surface area contributed by atoms with Crippen molar-refractivity contribution in [2.75, 3.05) is 11.6 Å². The smallest absolute Gasteiger partial charge is 0.294 e. The summed E-state index contributed by atoms with van der Waals surface area (Å²) >= 11 is 0. The van der Waals surface area contributed by atoms with Crippen LogP contribution in [0.4, 0.5) is 5.95 Å². The number of fused-ring (bicyclic) bond motifs is 3. The summed E-state index contributed by atoms with van der Waals surface area (Å²) in [5, 5.41) is 6.31. The van der Waals surface area contributed by atoms with Crippen LogP contribution in [0.15, 0.2) is 26.8 Å². The Balaban J connectivity index is 2.40. The molecular weight excluding hydrogens is 296 g/mol. The van der Waals surface area contributed by atoms with E-state index in [1.165, 1.54) is 11.6 Å². The van der Waals surface area contributed by atoms with E-state index in [9.17, 15) is 9.59 Å². The van der Waals surface area contributed by atoms with E-state index in [1.54, 1.807) is 12.1 Å². The van der Waals surface area contributed by atoms with Crippen LogP contribution in [-0.4, -0.2) is 30.9 Å². The highest BCUT2D eigenvalue weighted by Gasteiger charge is 2.29. The van der Waals surface area contributed by atoms with Gasteiger partial charge in [0, 0.05) is 14.1 Å². The second-order valence-electron chi connectivity index (χ2n) is 5.73. The van der Waals surface area contributed by atoms with Gasteiger partial charge in [0.05, 0.1) is 18.3 Å². The van der Waals surface area contributed by atoms with Crippen LogP contribution < -0.4 is 16.3 Å². The van der Waals surface area contributed by atoms with E-state index in [-0.39, 0.29) is 17.3 Å². The minimum absolute atomic E-state index is 0.0953. The molecule has 1 aliphatic heterocycles. The number of hydrogen-bond acceptors (Lipinski definition) is 5. The van der Waals surface area contributed by atoms with E-state index >= 15 is 0 Å². The summed E-state index contributed by atoms with van der Waals surface area (Å²) < 4.78 is 4.38. The Morgan fingerprint density at radius 2 is 1.91 bits per heavy atom. The molecule has 122 valence electrons. The maximum atomic E-state index is 12.6. The van der Waals surface area contributed by atoms with Crippen molar-refractivity contribution in [1.82, 2.24) is 18.7 Å². The van der Waals surface area contributed by atoms with Gasteiger partial charge in [-0.3, -0.25) is 18.5 Å². The molecule has 0 aromatic carbocycles.